The Morgan fingerprint density at radius 3 is 2.76 bits per heavy atom. The summed E-state index contributed by atoms with van der Waals surface area (Å²) in [4.78, 5) is 2.14. The first-order valence-electron chi connectivity index (χ1n) is 7.51. The molecule has 3 heteroatoms. The molecule has 0 saturated heterocycles. The van der Waals surface area contributed by atoms with Gasteiger partial charge in [0.25, 0.3) is 0 Å². The summed E-state index contributed by atoms with van der Waals surface area (Å²) in [6.07, 6.45) is 2.11. The fourth-order valence-corrected chi connectivity index (χ4v) is 3.12. The molecule has 0 amide bonds. The van der Waals surface area contributed by atoms with Crippen LogP contribution in [0.1, 0.15) is 24.5 Å². The lowest BCUT2D eigenvalue weighted by Crippen LogP contribution is -2.33. The van der Waals surface area contributed by atoms with Crippen LogP contribution in [0.2, 0.25) is 0 Å². The third kappa shape index (κ3) is 2.66. The van der Waals surface area contributed by atoms with E-state index in [2.05, 4.69) is 35.3 Å². The van der Waals surface area contributed by atoms with Gasteiger partial charge in [-0.15, -0.1) is 0 Å². The number of para-hydroxylation sites is 1. The summed E-state index contributed by atoms with van der Waals surface area (Å²) >= 11 is 0. The molecule has 21 heavy (non-hydrogen) atoms. The van der Waals surface area contributed by atoms with Crippen molar-refractivity contribution in [1.29, 1.82) is 0 Å². The van der Waals surface area contributed by atoms with Gasteiger partial charge in [0, 0.05) is 18.3 Å². The van der Waals surface area contributed by atoms with E-state index < -0.39 is 0 Å². The third-order valence-electron chi connectivity index (χ3n) is 4.18. The highest BCUT2D eigenvalue weighted by Gasteiger charge is 2.25. The van der Waals surface area contributed by atoms with E-state index in [1.807, 2.05) is 25.2 Å². The Hall–Kier alpha value is -1.87. The first kappa shape index (κ1) is 14.1. The highest BCUT2D eigenvalue weighted by molar-refractivity contribution is 5.69. The molecule has 1 atom stereocenters. The summed E-state index contributed by atoms with van der Waals surface area (Å²) in [5.41, 5.74) is 4.08. The van der Waals surface area contributed by atoms with Gasteiger partial charge in [0.2, 0.25) is 0 Å². The highest BCUT2D eigenvalue weighted by atomic mass is 19.1. The van der Waals surface area contributed by atoms with Crippen LogP contribution in [-0.2, 0) is 13.0 Å². The number of rotatable bonds is 3. The molecule has 0 saturated carbocycles. The molecule has 0 aliphatic carbocycles. The van der Waals surface area contributed by atoms with Crippen molar-refractivity contribution in [2.75, 3.05) is 11.9 Å². The van der Waals surface area contributed by atoms with Gasteiger partial charge in [-0.3, -0.25) is 0 Å². The molecular formula is C18H21FN2. The molecule has 2 nitrogen and oxygen atoms in total. The van der Waals surface area contributed by atoms with Gasteiger partial charge in [-0.2, -0.15) is 0 Å². The van der Waals surface area contributed by atoms with E-state index >= 15 is 0 Å². The number of nitrogens with one attached hydrogen (secondary N) is 1. The summed E-state index contributed by atoms with van der Waals surface area (Å²) in [5, 5.41) is 3.05. The predicted octanol–water partition coefficient (Wildman–Crippen LogP) is 4.02. The quantitative estimate of drug-likeness (QED) is 0.916. The van der Waals surface area contributed by atoms with Crippen LogP contribution in [0.15, 0.2) is 42.5 Å². The minimum absolute atomic E-state index is 0.147. The van der Waals surface area contributed by atoms with Crippen LogP contribution >= 0.6 is 0 Å². The molecule has 0 radical (unpaired) electrons. The van der Waals surface area contributed by atoms with Crippen molar-refractivity contribution in [2.45, 2.75) is 32.4 Å². The Kier molecular flexibility index (Phi) is 3.93. The number of aryl methyl sites for hydroxylation is 1. The summed E-state index contributed by atoms with van der Waals surface area (Å²) < 4.78 is 14.6. The minimum Gasteiger partial charge on any atom is -0.336 e. The average Bonchev–Trinajstić information content (AvgIpc) is 2.49. The number of halogens is 1. The Bertz CT molecular complexity index is 639. The Morgan fingerprint density at radius 2 is 2.00 bits per heavy atom. The van der Waals surface area contributed by atoms with E-state index in [1.54, 1.807) is 6.07 Å². The molecule has 0 spiro atoms. The summed E-state index contributed by atoms with van der Waals surface area (Å²) in [6, 6.07) is 14.2. The van der Waals surface area contributed by atoms with E-state index in [-0.39, 0.29) is 5.82 Å². The van der Waals surface area contributed by atoms with Crippen LogP contribution in [0.4, 0.5) is 15.8 Å². The first-order valence-corrected chi connectivity index (χ1v) is 7.51. The third-order valence-corrected chi connectivity index (χ3v) is 4.18. The van der Waals surface area contributed by atoms with Crippen molar-refractivity contribution in [3.63, 3.8) is 0 Å². The van der Waals surface area contributed by atoms with Gasteiger partial charge in [0.05, 0.1) is 5.69 Å². The van der Waals surface area contributed by atoms with Gasteiger partial charge in [-0.25, -0.2) is 4.39 Å². The van der Waals surface area contributed by atoms with Crippen LogP contribution in [0.3, 0.4) is 0 Å². The lowest BCUT2D eigenvalue weighted by Gasteiger charge is -2.37. The highest BCUT2D eigenvalue weighted by Crippen LogP contribution is 2.37. The fourth-order valence-electron chi connectivity index (χ4n) is 3.12. The predicted molar refractivity (Wildman–Crippen MR) is 85.5 cm³/mol. The van der Waals surface area contributed by atoms with Crippen molar-refractivity contribution >= 4 is 11.4 Å². The van der Waals surface area contributed by atoms with Gasteiger partial charge >= 0.3 is 0 Å². The van der Waals surface area contributed by atoms with Crippen molar-refractivity contribution in [3.8, 4) is 0 Å². The summed E-state index contributed by atoms with van der Waals surface area (Å²) in [7, 11) is 1.87. The van der Waals surface area contributed by atoms with Gasteiger partial charge in [-0.05, 0) is 56.1 Å². The Balaban J connectivity index is 2.03. The molecule has 110 valence electrons. The van der Waals surface area contributed by atoms with Gasteiger partial charge in [-0.1, -0.05) is 24.3 Å². The fraction of sp³-hybridized carbons (Fsp3) is 0.333. The van der Waals surface area contributed by atoms with Crippen molar-refractivity contribution in [2.24, 2.45) is 0 Å². The number of hydrogen-bond acceptors (Lipinski definition) is 2. The first-order chi connectivity index (χ1) is 10.2. The largest absolute Gasteiger partial charge is 0.336 e. The molecule has 0 aromatic heterocycles. The van der Waals surface area contributed by atoms with Crippen LogP contribution in [-0.4, -0.2) is 13.1 Å². The maximum absolute atomic E-state index is 14.6. The lowest BCUT2D eigenvalue weighted by atomic mass is 9.95. The molecule has 0 fully saturated rings. The molecule has 2 aromatic rings. The second kappa shape index (κ2) is 5.86. The van der Waals surface area contributed by atoms with Crippen molar-refractivity contribution < 1.29 is 4.39 Å². The van der Waals surface area contributed by atoms with Crippen LogP contribution in [0.5, 0.6) is 0 Å². The van der Waals surface area contributed by atoms with E-state index in [9.17, 15) is 4.39 Å². The molecule has 1 unspecified atom stereocenters. The van der Waals surface area contributed by atoms with E-state index in [1.165, 1.54) is 5.56 Å². The summed E-state index contributed by atoms with van der Waals surface area (Å²) in [5.74, 6) is -0.147. The van der Waals surface area contributed by atoms with E-state index in [0.717, 1.165) is 24.1 Å². The second-order valence-electron chi connectivity index (χ2n) is 5.70. The molecule has 1 aliphatic rings. The molecule has 1 aliphatic heterocycles. The molecule has 0 bridgehead atoms. The number of hydrogen-bond donors (Lipinski definition) is 1. The Morgan fingerprint density at radius 1 is 1.19 bits per heavy atom. The zero-order valence-corrected chi connectivity index (χ0v) is 12.6. The number of anilines is 2. The smallest absolute Gasteiger partial charge is 0.147 e. The van der Waals surface area contributed by atoms with Crippen LogP contribution in [0, 0.1) is 5.82 Å². The molecule has 2 aromatic carbocycles. The maximum atomic E-state index is 14.6. The maximum Gasteiger partial charge on any atom is 0.147 e. The average molecular weight is 284 g/mol. The van der Waals surface area contributed by atoms with Crippen molar-refractivity contribution in [3.05, 3.63) is 59.4 Å². The van der Waals surface area contributed by atoms with Gasteiger partial charge in [0.1, 0.15) is 5.82 Å². The second-order valence-corrected chi connectivity index (χ2v) is 5.70. The van der Waals surface area contributed by atoms with Crippen LogP contribution in [0.25, 0.3) is 0 Å². The topological polar surface area (TPSA) is 15.3 Å². The van der Waals surface area contributed by atoms with Gasteiger partial charge in [0.15, 0.2) is 0 Å². The van der Waals surface area contributed by atoms with Crippen LogP contribution < -0.4 is 10.2 Å². The monoisotopic (exact) mass is 284 g/mol. The standard InChI is InChI=1S/C18H21FN2/c1-13-7-9-15-5-3-4-6-17(15)21(13)18-10-8-14(12-20-2)11-16(18)19/h3-6,8,10-11,13,20H,7,9,12H2,1-2H3. The minimum atomic E-state index is -0.147. The Labute approximate surface area is 125 Å². The van der Waals surface area contributed by atoms with E-state index in [4.69, 9.17) is 0 Å². The number of nitrogens with zero attached hydrogens (tertiary/aromatic N) is 1. The normalized spacial score (nSPS) is 17.7. The van der Waals surface area contributed by atoms with Crippen molar-refractivity contribution in [1.82, 2.24) is 5.32 Å². The zero-order valence-electron chi connectivity index (χ0n) is 12.6. The number of fused-ring (bicyclic) bond motifs is 1. The molecule has 1 N–H and O–H groups in total. The lowest BCUT2D eigenvalue weighted by molar-refractivity contribution is 0.583. The summed E-state index contributed by atoms with van der Waals surface area (Å²) in [6.45, 7) is 2.85. The number of benzene rings is 2. The molecular weight excluding hydrogens is 263 g/mol. The molecule has 1 heterocycles. The molecule has 3 rings (SSSR count). The van der Waals surface area contributed by atoms with E-state index in [0.29, 0.717) is 18.3 Å². The van der Waals surface area contributed by atoms with Gasteiger partial charge < -0.3 is 10.2 Å². The zero-order chi connectivity index (χ0) is 14.8. The SMILES string of the molecule is CNCc1ccc(N2c3ccccc3CCC2C)c(F)c1.